The molecule has 1 aromatic rings. The first-order chi connectivity index (χ1) is 7.00. The highest BCUT2D eigenvalue weighted by Gasteiger charge is 2.37. The van der Waals surface area contributed by atoms with E-state index in [-0.39, 0.29) is 11.1 Å². The zero-order valence-corrected chi connectivity index (χ0v) is 8.58. The van der Waals surface area contributed by atoms with Crippen LogP contribution in [0.1, 0.15) is 30.1 Å². The smallest absolute Gasteiger partial charge is 0.337 e. The summed E-state index contributed by atoms with van der Waals surface area (Å²) in [6.07, 6.45) is 2.16. The third-order valence-corrected chi connectivity index (χ3v) is 2.71. The van der Waals surface area contributed by atoms with E-state index in [0.29, 0.717) is 11.4 Å². The van der Waals surface area contributed by atoms with Crippen LogP contribution in [0.5, 0.6) is 0 Å². The number of nitrogens with one attached hydrogen (secondary N) is 1. The summed E-state index contributed by atoms with van der Waals surface area (Å²) in [5, 5.41) is 12.2. The lowest BCUT2D eigenvalue weighted by molar-refractivity contribution is 0.0698. The van der Waals surface area contributed by atoms with Crippen molar-refractivity contribution in [3.63, 3.8) is 0 Å². The summed E-state index contributed by atoms with van der Waals surface area (Å²) in [5.41, 5.74) is 6.98. The molecule has 0 spiro atoms. The van der Waals surface area contributed by atoms with Gasteiger partial charge in [-0.05, 0) is 38.0 Å². The largest absolute Gasteiger partial charge is 0.478 e. The van der Waals surface area contributed by atoms with Gasteiger partial charge in [0.25, 0.3) is 0 Å². The van der Waals surface area contributed by atoms with Crippen molar-refractivity contribution < 1.29 is 9.90 Å². The van der Waals surface area contributed by atoms with Crippen molar-refractivity contribution in [3.8, 4) is 0 Å². The van der Waals surface area contributed by atoms with Gasteiger partial charge in [0.15, 0.2) is 0 Å². The number of hydrogen-bond acceptors (Lipinski definition) is 3. The molecule has 0 saturated heterocycles. The Bertz CT molecular complexity index is 411. The van der Waals surface area contributed by atoms with E-state index >= 15 is 0 Å². The van der Waals surface area contributed by atoms with Crippen molar-refractivity contribution in [2.24, 2.45) is 0 Å². The molecule has 0 bridgehead atoms. The highest BCUT2D eigenvalue weighted by Crippen LogP contribution is 2.39. The van der Waals surface area contributed by atoms with Gasteiger partial charge < -0.3 is 16.2 Å². The molecule has 1 aromatic carbocycles. The molecular formula is C11H14N2O2. The molecule has 0 radical (unpaired) electrons. The number of carboxylic acid groups (broad SMARTS) is 1. The molecule has 0 atom stereocenters. The standard InChI is InChI=1S/C11H14N2O2/c1-11(4-5-11)13-9-3-2-7(12)6-8(9)10(14)15/h2-3,6,13H,4-5,12H2,1H3,(H,14,15). The number of nitrogens with two attached hydrogens (primary N) is 1. The molecule has 1 aliphatic carbocycles. The summed E-state index contributed by atoms with van der Waals surface area (Å²) in [4.78, 5) is 11.0. The minimum absolute atomic E-state index is 0.0698. The molecule has 4 nitrogen and oxygen atoms in total. The Hall–Kier alpha value is -1.71. The molecule has 0 amide bonds. The summed E-state index contributed by atoms with van der Waals surface area (Å²) in [5.74, 6) is -0.950. The summed E-state index contributed by atoms with van der Waals surface area (Å²) in [7, 11) is 0. The molecule has 0 aliphatic heterocycles. The van der Waals surface area contributed by atoms with Gasteiger partial charge in [0.2, 0.25) is 0 Å². The van der Waals surface area contributed by atoms with Gasteiger partial charge in [-0.1, -0.05) is 0 Å². The van der Waals surface area contributed by atoms with Gasteiger partial charge in [0.05, 0.1) is 5.56 Å². The topological polar surface area (TPSA) is 75.3 Å². The summed E-state index contributed by atoms with van der Waals surface area (Å²) in [6.45, 7) is 2.08. The fraction of sp³-hybridized carbons (Fsp3) is 0.364. The molecule has 15 heavy (non-hydrogen) atoms. The van der Waals surface area contributed by atoms with Crippen molar-refractivity contribution in [3.05, 3.63) is 23.8 Å². The van der Waals surface area contributed by atoms with E-state index in [0.717, 1.165) is 12.8 Å². The molecule has 4 heteroatoms. The van der Waals surface area contributed by atoms with E-state index in [1.54, 1.807) is 12.1 Å². The van der Waals surface area contributed by atoms with Crippen molar-refractivity contribution in [1.29, 1.82) is 0 Å². The van der Waals surface area contributed by atoms with Gasteiger partial charge in [-0.3, -0.25) is 0 Å². The Labute approximate surface area is 88.1 Å². The van der Waals surface area contributed by atoms with E-state index in [1.807, 2.05) is 0 Å². The highest BCUT2D eigenvalue weighted by molar-refractivity contribution is 5.95. The number of rotatable bonds is 3. The normalized spacial score (nSPS) is 17.1. The first-order valence-corrected chi connectivity index (χ1v) is 4.91. The van der Waals surface area contributed by atoms with Gasteiger partial charge in [-0.25, -0.2) is 4.79 Å². The van der Waals surface area contributed by atoms with Crippen LogP contribution < -0.4 is 11.1 Å². The maximum Gasteiger partial charge on any atom is 0.337 e. The molecule has 1 aliphatic rings. The Morgan fingerprint density at radius 1 is 1.53 bits per heavy atom. The number of benzene rings is 1. The summed E-state index contributed by atoms with van der Waals surface area (Å²) >= 11 is 0. The number of nitrogen functional groups attached to an aromatic ring is 1. The molecule has 1 fully saturated rings. The lowest BCUT2D eigenvalue weighted by Gasteiger charge is -2.15. The van der Waals surface area contributed by atoms with Crippen LogP contribution >= 0.6 is 0 Å². The number of anilines is 2. The molecule has 0 unspecified atom stereocenters. The third kappa shape index (κ3) is 2.03. The van der Waals surface area contributed by atoms with E-state index in [2.05, 4.69) is 12.2 Å². The van der Waals surface area contributed by atoms with Crippen LogP contribution in [0, 0.1) is 0 Å². The number of aromatic carboxylic acids is 1. The molecule has 1 saturated carbocycles. The minimum Gasteiger partial charge on any atom is -0.478 e. The molecule has 0 aromatic heterocycles. The van der Waals surface area contributed by atoms with Gasteiger partial charge in [-0.15, -0.1) is 0 Å². The van der Waals surface area contributed by atoms with E-state index in [9.17, 15) is 4.79 Å². The Kier molecular flexibility index (Phi) is 2.07. The number of carboxylic acids is 1. The van der Waals surface area contributed by atoms with Crippen LogP contribution in [-0.4, -0.2) is 16.6 Å². The molecular weight excluding hydrogens is 192 g/mol. The SMILES string of the molecule is CC1(Nc2ccc(N)cc2C(=O)O)CC1. The molecule has 0 heterocycles. The van der Waals surface area contributed by atoms with E-state index in [1.165, 1.54) is 6.07 Å². The van der Waals surface area contributed by atoms with Gasteiger partial charge in [0, 0.05) is 16.9 Å². The average Bonchev–Trinajstić information content (AvgIpc) is 2.87. The van der Waals surface area contributed by atoms with E-state index in [4.69, 9.17) is 10.8 Å². The van der Waals surface area contributed by atoms with Crippen molar-refractivity contribution in [2.75, 3.05) is 11.1 Å². The number of hydrogen-bond donors (Lipinski definition) is 3. The third-order valence-electron chi connectivity index (χ3n) is 2.71. The average molecular weight is 206 g/mol. The Morgan fingerprint density at radius 3 is 2.73 bits per heavy atom. The minimum atomic E-state index is -0.950. The van der Waals surface area contributed by atoms with Crippen LogP contribution in [0.3, 0.4) is 0 Å². The first kappa shape index (κ1) is 9.83. The monoisotopic (exact) mass is 206 g/mol. The van der Waals surface area contributed by atoms with Crippen LogP contribution in [-0.2, 0) is 0 Å². The Morgan fingerprint density at radius 2 is 2.20 bits per heavy atom. The predicted molar refractivity (Wildman–Crippen MR) is 59.1 cm³/mol. The zero-order chi connectivity index (χ0) is 11.1. The first-order valence-electron chi connectivity index (χ1n) is 4.91. The van der Waals surface area contributed by atoms with Crippen LogP contribution in [0.2, 0.25) is 0 Å². The van der Waals surface area contributed by atoms with Crippen LogP contribution in [0.25, 0.3) is 0 Å². The molecule has 80 valence electrons. The lowest BCUT2D eigenvalue weighted by Crippen LogP contribution is -2.18. The maximum absolute atomic E-state index is 11.0. The summed E-state index contributed by atoms with van der Waals surface area (Å²) in [6, 6.07) is 4.92. The second-order valence-corrected chi connectivity index (χ2v) is 4.30. The van der Waals surface area contributed by atoms with Crippen molar-refractivity contribution >= 4 is 17.3 Å². The van der Waals surface area contributed by atoms with Crippen LogP contribution in [0.15, 0.2) is 18.2 Å². The quantitative estimate of drug-likeness (QED) is 0.660. The van der Waals surface area contributed by atoms with Crippen molar-refractivity contribution in [1.82, 2.24) is 0 Å². The maximum atomic E-state index is 11.0. The van der Waals surface area contributed by atoms with Gasteiger partial charge in [0.1, 0.15) is 0 Å². The molecule has 2 rings (SSSR count). The number of carbonyl (C=O) groups is 1. The van der Waals surface area contributed by atoms with Gasteiger partial charge >= 0.3 is 5.97 Å². The Balaban J connectivity index is 2.32. The summed E-state index contributed by atoms with van der Waals surface area (Å²) < 4.78 is 0. The second-order valence-electron chi connectivity index (χ2n) is 4.30. The fourth-order valence-electron chi connectivity index (χ4n) is 1.49. The highest BCUT2D eigenvalue weighted by atomic mass is 16.4. The molecule has 4 N–H and O–H groups in total. The van der Waals surface area contributed by atoms with E-state index < -0.39 is 5.97 Å². The second kappa shape index (κ2) is 3.15. The van der Waals surface area contributed by atoms with Gasteiger partial charge in [-0.2, -0.15) is 0 Å². The lowest BCUT2D eigenvalue weighted by atomic mass is 10.1. The zero-order valence-electron chi connectivity index (χ0n) is 8.58. The fourth-order valence-corrected chi connectivity index (χ4v) is 1.49. The van der Waals surface area contributed by atoms with Crippen LogP contribution in [0.4, 0.5) is 11.4 Å². The predicted octanol–water partition coefficient (Wildman–Crippen LogP) is 1.93. The van der Waals surface area contributed by atoms with Crippen molar-refractivity contribution in [2.45, 2.75) is 25.3 Å².